The quantitative estimate of drug-likeness (QED) is 0.657. The van der Waals surface area contributed by atoms with Gasteiger partial charge in [0.05, 0.1) is 11.6 Å². The number of rotatable bonds is 6. The van der Waals surface area contributed by atoms with Gasteiger partial charge in [-0.25, -0.2) is 5.43 Å². The smallest absolute Gasteiger partial charge is 0.0991 e. The molecule has 0 radical (unpaired) electrons. The fourth-order valence-electron chi connectivity index (χ4n) is 2.52. The highest BCUT2D eigenvalue weighted by molar-refractivity contribution is 5.63. The summed E-state index contributed by atoms with van der Waals surface area (Å²) in [4.78, 5) is 2.10. The van der Waals surface area contributed by atoms with Gasteiger partial charge in [0.2, 0.25) is 0 Å². The van der Waals surface area contributed by atoms with Crippen molar-refractivity contribution in [1.29, 1.82) is 5.26 Å². The third-order valence-electron chi connectivity index (χ3n) is 4.01. The maximum atomic E-state index is 8.88. The molecule has 0 amide bonds. The number of nitrogens with zero attached hydrogens (tertiary/aromatic N) is 2. The van der Waals surface area contributed by atoms with Crippen molar-refractivity contribution in [3.8, 4) is 6.07 Å². The van der Waals surface area contributed by atoms with Gasteiger partial charge in [0.1, 0.15) is 0 Å². The first kappa shape index (κ1) is 16.6. The SMILES string of the molecule is CN(c1ccc(C#N)cc1)c1ccc(CNNc2ccccc2)cc1. The molecule has 3 aromatic rings. The Morgan fingerprint density at radius 3 is 2.04 bits per heavy atom. The topological polar surface area (TPSA) is 51.1 Å². The zero-order chi connectivity index (χ0) is 17.5. The fraction of sp³-hybridized carbons (Fsp3) is 0.0952. The Bertz CT molecular complexity index is 834. The number of para-hydroxylation sites is 1. The van der Waals surface area contributed by atoms with Crippen molar-refractivity contribution < 1.29 is 0 Å². The average molecular weight is 328 g/mol. The van der Waals surface area contributed by atoms with Crippen LogP contribution in [0, 0.1) is 11.3 Å². The van der Waals surface area contributed by atoms with Crippen molar-refractivity contribution in [3.05, 3.63) is 90.0 Å². The average Bonchev–Trinajstić information content (AvgIpc) is 2.69. The van der Waals surface area contributed by atoms with Crippen LogP contribution in [0.25, 0.3) is 0 Å². The molecule has 3 aromatic carbocycles. The molecule has 4 heteroatoms. The van der Waals surface area contributed by atoms with Gasteiger partial charge in [-0.1, -0.05) is 30.3 Å². The van der Waals surface area contributed by atoms with E-state index in [-0.39, 0.29) is 0 Å². The van der Waals surface area contributed by atoms with Crippen LogP contribution in [0.1, 0.15) is 11.1 Å². The first-order chi connectivity index (χ1) is 12.3. The number of anilines is 3. The monoisotopic (exact) mass is 328 g/mol. The van der Waals surface area contributed by atoms with Crippen LogP contribution in [0.3, 0.4) is 0 Å². The Hall–Kier alpha value is -3.29. The Kier molecular flexibility index (Phi) is 5.30. The molecule has 0 saturated carbocycles. The maximum absolute atomic E-state index is 8.88. The van der Waals surface area contributed by atoms with Crippen molar-refractivity contribution >= 4 is 17.1 Å². The highest BCUT2D eigenvalue weighted by Gasteiger charge is 2.04. The first-order valence-electron chi connectivity index (χ1n) is 8.13. The summed E-state index contributed by atoms with van der Waals surface area (Å²) < 4.78 is 0. The van der Waals surface area contributed by atoms with Gasteiger partial charge in [-0.2, -0.15) is 5.26 Å². The van der Waals surface area contributed by atoms with Crippen molar-refractivity contribution in [2.75, 3.05) is 17.4 Å². The highest BCUT2D eigenvalue weighted by atomic mass is 15.3. The second kappa shape index (κ2) is 8.00. The second-order valence-corrected chi connectivity index (χ2v) is 5.73. The summed E-state index contributed by atoms with van der Waals surface area (Å²) in [6.45, 7) is 0.732. The van der Waals surface area contributed by atoms with Gasteiger partial charge in [0, 0.05) is 30.7 Å². The predicted octanol–water partition coefficient (Wildman–Crippen LogP) is 4.44. The zero-order valence-corrected chi connectivity index (χ0v) is 14.1. The zero-order valence-electron chi connectivity index (χ0n) is 14.1. The molecule has 0 aromatic heterocycles. The third-order valence-corrected chi connectivity index (χ3v) is 4.01. The van der Waals surface area contributed by atoms with Crippen molar-refractivity contribution in [2.45, 2.75) is 6.54 Å². The summed E-state index contributed by atoms with van der Waals surface area (Å²) in [6, 6.07) is 28.1. The van der Waals surface area contributed by atoms with Crippen LogP contribution >= 0.6 is 0 Å². The molecule has 0 aliphatic carbocycles. The Morgan fingerprint density at radius 1 is 0.840 bits per heavy atom. The molecule has 0 atom stereocenters. The lowest BCUT2D eigenvalue weighted by atomic mass is 10.1. The predicted molar refractivity (Wildman–Crippen MR) is 103 cm³/mol. The molecule has 3 rings (SSSR count). The van der Waals surface area contributed by atoms with Crippen molar-refractivity contribution in [3.63, 3.8) is 0 Å². The standard InChI is InChI=1S/C21H20N4/c1-25(20-11-7-17(15-22)8-12-20)21-13-9-18(10-14-21)16-23-24-19-5-3-2-4-6-19/h2-14,23-24H,16H2,1H3. The van der Waals surface area contributed by atoms with Gasteiger partial charge in [-0.15, -0.1) is 0 Å². The molecule has 0 aliphatic rings. The largest absolute Gasteiger partial charge is 0.345 e. The van der Waals surface area contributed by atoms with Gasteiger partial charge in [0.25, 0.3) is 0 Å². The second-order valence-electron chi connectivity index (χ2n) is 5.73. The molecule has 0 fully saturated rings. The van der Waals surface area contributed by atoms with E-state index in [1.807, 2.05) is 61.6 Å². The van der Waals surface area contributed by atoms with Crippen LogP contribution in [-0.2, 0) is 6.54 Å². The van der Waals surface area contributed by atoms with E-state index in [4.69, 9.17) is 5.26 Å². The molecular weight excluding hydrogens is 308 g/mol. The summed E-state index contributed by atoms with van der Waals surface area (Å²) >= 11 is 0. The van der Waals surface area contributed by atoms with E-state index in [9.17, 15) is 0 Å². The maximum Gasteiger partial charge on any atom is 0.0991 e. The van der Waals surface area contributed by atoms with Gasteiger partial charge >= 0.3 is 0 Å². The minimum atomic E-state index is 0.671. The van der Waals surface area contributed by atoms with E-state index >= 15 is 0 Å². The molecular formula is C21H20N4. The molecule has 4 nitrogen and oxygen atoms in total. The number of hydrazine groups is 1. The molecule has 0 aliphatic heterocycles. The molecule has 0 unspecified atom stereocenters. The lowest BCUT2D eigenvalue weighted by Gasteiger charge is -2.20. The molecule has 25 heavy (non-hydrogen) atoms. The summed E-state index contributed by atoms with van der Waals surface area (Å²) in [5, 5.41) is 8.88. The van der Waals surface area contributed by atoms with Crippen LogP contribution in [0.5, 0.6) is 0 Å². The van der Waals surface area contributed by atoms with Crippen LogP contribution in [0.15, 0.2) is 78.9 Å². The van der Waals surface area contributed by atoms with E-state index in [1.54, 1.807) is 0 Å². The van der Waals surface area contributed by atoms with Crippen LogP contribution in [0.2, 0.25) is 0 Å². The third kappa shape index (κ3) is 4.37. The Morgan fingerprint density at radius 2 is 1.44 bits per heavy atom. The van der Waals surface area contributed by atoms with Crippen LogP contribution < -0.4 is 15.8 Å². The van der Waals surface area contributed by atoms with Crippen molar-refractivity contribution in [1.82, 2.24) is 5.43 Å². The lowest BCUT2D eigenvalue weighted by molar-refractivity contribution is 0.801. The van der Waals surface area contributed by atoms with Gasteiger partial charge in [0.15, 0.2) is 0 Å². The molecule has 2 N–H and O–H groups in total. The number of hydrogen-bond acceptors (Lipinski definition) is 4. The minimum absolute atomic E-state index is 0.671. The number of hydrogen-bond donors (Lipinski definition) is 2. The Labute approximate surface area is 148 Å². The van der Waals surface area contributed by atoms with Gasteiger partial charge in [-0.05, 0) is 54.1 Å². The summed E-state index contributed by atoms with van der Waals surface area (Å²) in [5.74, 6) is 0. The summed E-state index contributed by atoms with van der Waals surface area (Å²) in [7, 11) is 2.02. The summed E-state index contributed by atoms with van der Waals surface area (Å²) in [6.07, 6.45) is 0. The van der Waals surface area contributed by atoms with E-state index in [0.29, 0.717) is 5.56 Å². The molecule has 0 heterocycles. The van der Waals surface area contributed by atoms with Crippen LogP contribution in [0.4, 0.5) is 17.1 Å². The molecule has 0 saturated heterocycles. The number of benzene rings is 3. The molecule has 124 valence electrons. The Balaban J connectivity index is 1.58. The van der Waals surface area contributed by atoms with Gasteiger partial charge < -0.3 is 10.3 Å². The van der Waals surface area contributed by atoms with Crippen molar-refractivity contribution in [2.24, 2.45) is 0 Å². The van der Waals surface area contributed by atoms with Gasteiger partial charge in [-0.3, -0.25) is 0 Å². The van der Waals surface area contributed by atoms with E-state index in [0.717, 1.165) is 23.6 Å². The normalized spacial score (nSPS) is 10.1. The number of nitriles is 1. The molecule has 0 spiro atoms. The molecule has 0 bridgehead atoms. The lowest BCUT2D eigenvalue weighted by Crippen LogP contribution is -2.20. The first-order valence-corrected chi connectivity index (χ1v) is 8.13. The van der Waals surface area contributed by atoms with E-state index in [2.05, 4.69) is 46.1 Å². The minimum Gasteiger partial charge on any atom is -0.345 e. The van der Waals surface area contributed by atoms with E-state index < -0.39 is 0 Å². The fourth-order valence-corrected chi connectivity index (χ4v) is 2.52. The van der Waals surface area contributed by atoms with Crippen LogP contribution in [-0.4, -0.2) is 7.05 Å². The summed E-state index contributed by atoms with van der Waals surface area (Å²) in [5.41, 5.74) is 11.5. The number of nitrogens with one attached hydrogen (secondary N) is 2. The van der Waals surface area contributed by atoms with E-state index in [1.165, 1.54) is 5.56 Å². The highest BCUT2D eigenvalue weighted by Crippen LogP contribution is 2.24.